The molecule has 0 aromatic carbocycles. The predicted molar refractivity (Wildman–Crippen MR) is 60.2 cm³/mol. The lowest BCUT2D eigenvalue weighted by Gasteiger charge is -2.26. The third-order valence-corrected chi connectivity index (χ3v) is 3.99. The molecule has 0 spiro atoms. The number of hydrogen-bond acceptors (Lipinski definition) is 2. The van der Waals surface area contributed by atoms with Gasteiger partial charge in [0.1, 0.15) is 0 Å². The van der Waals surface area contributed by atoms with Crippen LogP contribution in [0.5, 0.6) is 0 Å². The highest BCUT2D eigenvalue weighted by atomic mass is 15.0. The molecule has 14 heavy (non-hydrogen) atoms. The third kappa shape index (κ3) is 2.71. The highest BCUT2D eigenvalue weighted by molar-refractivity contribution is 4.84. The van der Waals surface area contributed by atoms with Crippen LogP contribution in [-0.4, -0.2) is 18.6 Å². The first kappa shape index (κ1) is 10.4. The molecule has 1 saturated carbocycles. The Kier molecular flexibility index (Phi) is 3.82. The fourth-order valence-corrected chi connectivity index (χ4v) is 2.70. The monoisotopic (exact) mass is 196 g/mol. The van der Waals surface area contributed by atoms with Crippen LogP contribution in [0.15, 0.2) is 0 Å². The first-order chi connectivity index (χ1) is 6.86. The van der Waals surface area contributed by atoms with Gasteiger partial charge in [-0.25, -0.2) is 0 Å². The van der Waals surface area contributed by atoms with Crippen LogP contribution in [0.25, 0.3) is 0 Å². The van der Waals surface area contributed by atoms with Crippen molar-refractivity contribution in [3.63, 3.8) is 0 Å². The summed E-state index contributed by atoms with van der Waals surface area (Å²) in [6, 6.07) is 1.04. The molecule has 0 aromatic rings. The summed E-state index contributed by atoms with van der Waals surface area (Å²) in [6.07, 6.45) is 11.1. The first-order valence-corrected chi connectivity index (χ1v) is 6.35. The van der Waals surface area contributed by atoms with Crippen LogP contribution in [0.2, 0.25) is 0 Å². The van der Waals surface area contributed by atoms with Crippen molar-refractivity contribution in [1.29, 1.82) is 0 Å². The maximum Gasteiger partial charge on any atom is 0.0219 e. The SMILES string of the molecule is NC(CCCC1CCC1)C1CCCN1. The lowest BCUT2D eigenvalue weighted by Crippen LogP contribution is -2.41. The summed E-state index contributed by atoms with van der Waals surface area (Å²) in [5.74, 6) is 1.05. The lowest BCUT2D eigenvalue weighted by molar-refractivity contribution is 0.281. The minimum absolute atomic E-state index is 0.414. The maximum atomic E-state index is 6.16. The zero-order valence-electron chi connectivity index (χ0n) is 9.17. The van der Waals surface area contributed by atoms with Crippen molar-refractivity contribution in [3.8, 4) is 0 Å². The van der Waals surface area contributed by atoms with Crippen LogP contribution >= 0.6 is 0 Å². The normalized spacial score (nSPS) is 30.2. The largest absolute Gasteiger partial charge is 0.326 e. The molecule has 2 atom stereocenters. The summed E-state index contributed by atoms with van der Waals surface area (Å²) >= 11 is 0. The summed E-state index contributed by atoms with van der Waals surface area (Å²) in [6.45, 7) is 1.18. The fraction of sp³-hybridized carbons (Fsp3) is 1.00. The molecule has 0 amide bonds. The Morgan fingerprint density at radius 1 is 1.21 bits per heavy atom. The second-order valence-electron chi connectivity index (χ2n) is 5.09. The van der Waals surface area contributed by atoms with E-state index in [2.05, 4.69) is 5.32 Å². The maximum absolute atomic E-state index is 6.16. The Morgan fingerprint density at radius 2 is 2.07 bits per heavy atom. The molecule has 2 unspecified atom stereocenters. The lowest BCUT2D eigenvalue weighted by atomic mass is 9.81. The molecule has 2 fully saturated rings. The molecule has 2 rings (SSSR count). The van der Waals surface area contributed by atoms with Crippen LogP contribution in [0, 0.1) is 5.92 Å². The first-order valence-electron chi connectivity index (χ1n) is 6.35. The van der Waals surface area contributed by atoms with E-state index in [4.69, 9.17) is 5.73 Å². The van der Waals surface area contributed by atoms with Gasteiger partial charge in [0.15, 0.2) is 0 Å². The zero-order valence-corrected chi connectivity index (χ0v) is 9.17. The third-order valence-electron chi connectivity index (χ3n) is 3.99. The molecule has 0 aromatic heterocycles. The molecule has 1 heterocycles. The van der Waals surface area contributed by atoms with Crippen molar-refractivity contribution < 1.29 is 0 Å². The number of rotatable bonds is 5. The van der Waals surface area contributed by atoms with E-state index in [1.807, 2.05) is 0 Å². The van der Waals surface area contributed by atoms with E-state index in [1.165, 1.54) is 57.9 Å². The van der Waals surface area contributed by atoms with Gasteiger partial charge >= 0.3 is 0 Å². The number of nitrogens with one attached hydrogen (secondary N) is 1. The fourth-order valence-electron chi connectivity index (χ4n) is 2.70. The highest BCUT2D eigenvalue weighted by Gasteiger charge is 2.22. The number of nitrogens with two attached hydrogens (primary N) is 1. The van der Waals surface area contributed by atoms with E-state index in [9.17, 15) is 0 Å². The second kappa shape index (κ2) is 5.13. The van der Waals surface area contributed by atoms with Crippen molar-refractivity contribution in [2.45, 2.75) is 63.5 Å². The van der Waals surface area contributed by atoms with Crippen LogP contribution in [0.3, 0.4) is 0 Å². The molecule has 82 valence electrons. The molecule has 0 radical (unpaired) electrons. The molecule has 1 aliphatic heterocycles. The summed E-state index contributed by atoms with van der Waals surface area (Å²) in [4.78, 5) is 0. The van der Waals surface area contributed by atoms with E-state index >= 15 is 0 Å². The smallest absolute Gasteiger partial charge is 0.0219 e. The van der Waals surface area contributed by atoms with E-state index in [0.717, 1.165) is 5.92 Å². The van der Waals surface area contributed by atoms with Gasteiger partial charge in [0.25, 0.3) is 0 Å². The van der Waals surface area contributed by atoms with Gasteiger partial charge in [0.05, 0.1) is 0 Å². The topological polar surface area (TPSA) is 38.0 Å². The molecular formula is C12H24N2. The minimum Gasteiger partial charge on any atom is -0.326 e. The van der Waals surface area contributed by atoms with Gasteiger partial charge in [-0.15, -0.1) is 0 Å². The van der Waals surface area contributed by atoms with Crippen molar-refractivity contribution in [2.24, 2.45) is 11.7 Å². The van der Waals surface area contributed by atoms with E-state index in [0.29, 0.717) is 12.1 Å². The molecular weight excluding hydrogens is 172 g/mol. The summed E-state index contributed by atoms with van der Waals surface area (Å²) in [7, 11) is 0. The van der Waals surface area contributed by atoms with Gasteiger partial charge in [-0.2, -0.15) is 0 Å². The Labute approximate surface area is 87.6 Å². The summed E-state index contributed by atoms with van der Waals surface area (Å²) < 4.78 is 0. The molecule has 2 aliphatic rings. The van der Waals surface area contributed by atoms with Crippen molar-refractivity contribution >= 4 is 0 Å². The van der Waals surface area contributed by atoms with Crippen LogP contribution < -0.4 is 11.1 Å². The van der Waals surface area contributed by atoms with Gasteiger partial charge in [-0.1, -0.05) is 32.1 Å². The van der Waals surface area contributed by atoms with Crippen LogP contribution in [0.1, 0.15) is 51.4 Å². The highest BCUT2D eigenvalue weighted by Crippen LogP contribution is 2.31. The molecule has 0 bridgehead atoms. The van der Waals surface area contributed by atoms with Gasteiger partial charge in [0, 0.05) is 12.1 Å². The zero-order chi connectivity index (χ0) is 9.80. The van der Waals surface area contributed by atoms with Crippen molar-refractivity contribution in [3.05, 3.63) is 0 Å². The average Bonchev–Trinajstić information content (AvgIpc) is 2.61. The van der Waals surface area contributed by atoms with E-state index < -0.39 is 0 Å². The van der Waals surface area contributed by atoms with Gasteiger partial charge in [0.2, 0.25) is 0 Å². The van der Waals surface area contributed by atoms with E-state index in [-0.39, 0.29) is 0 Å². The minimum atomic E-state index is 0.414. The Morgan fingerprint density at radius 3 is 2.64 bits per heavy atom. The molecule has 1 saturated heterocycles. The Bertz CT molecular complexity index is 160. The molecule has 2 nitrogen and oxygen atoms in total. The Hall–Kier alpha value is -0.0800. The average molecular weight is 196 g/mol. The second-order valence-corrected chi connectivity index (χ2v) is 5.09. The number of hydrogen-bond donors (Lipinski definition) is 2. The molecule has 1 aliphatic carbocycles. The van der Waals surface area contributed by atoms with Gasteiger partial charge < -0.3 is 11.1 Å². The summed E-state index contributed by atoms with van der Waals surface area (Å²) in [5.41, 5.74) is 6.16. The standard InChI is InChI=1S/C12H24N2/c13-11(12-8-3-9-14-12)7-2-6-10-4-1-5-10/h10-12,14H,1-9,13H2. The van der Waals surface area contributed by atoms with Crippen LogP contribution in [0.4, 0.5) is 0 Å². The van der Waals surface area contributed by atoms with Gasteiger partial charge in [-0.05, 0) is 31.7 Å². The molecule has 3 N–H and O–H groups in total. The Balaban J connectivity index is 1.54. The van der Waals surface area contributed by atoms with E-state index in [1.54, 1.807) is 0 Å². The summed E-state index contributed by atoms with van der Waals surface area (Å²) in [5, 5.41) is 3.50. The quantitative estimate of drug-likeness (QED) is 0.706. The van der Waals surface area contributed by atoms with Gasteiger partial charge in [-0.3, -0.25) is 0 Å². The predicted octanol–water partition coefficient (Wildman–Crippen LogP) is 2.04. The van der Waals surface area contributed by atoms with Crippen molar-refractivity contribution in [2.75, 3.05) is 6.54 Å². The van der Waals surface area contributed by atoms with Crippen LogP contribution in [-0.2, 0) is 0 Å². The molecule has 2 heteroatoms. The van der Waals surface area contributed by atoms with Crippen molar-refractivity contribution in [1.82, 2.24) is 5.32 Å².